The van der Waals surface area contributed by atoms with E-state index in [-0.39, 0.29) is 24.4 Å². The molecule has 2 amide bonds. The number of carbonyl (C=O) groups excluding carboxylic acids is 2. The molecule has 0 fully saturated rings. The molecule has 31 heavy (non-hydrogen) atoms. The van der Waals surface area contributed by atoms with Crippen LogP contribution in [0.4, 0.5) is 5.13 Å². The second kappa shape index (κ2) is 9.36. The average Bonchev–Trinajstić information content (AvgIpc) is 3.41. The number of fused-ring (bicyclic) bond motifs is 1. The molecule has 0 radical (unpaired) electrons. The maximum atomic E-state index is 12.4. The number of hydrogen-bond acceptors (Lipinski definition) is 8. The fourth-order valence-corrected chi connectivity index (χ4v) is 4.38. The summed E-state index contributed by atoms with van der Waals surface area (Å²) in [4.78, 5) is 24.5. The van der Waals surface area contributed by atoms with Gasteiger partial charge in [-0.1, -0.05) is 35.2 Å². The number of rotatable bonds is 7. The molecule has 160 valence electrons. The molecule has 1 aliphatic rings. The maximum absolute atomic E-state index is 12.4. The number of nitrogens with zero attached hydrogens (tertiary/aromatic N) is 2. The van der Waals surface area contributed by atoms with Gasteiger partial charge in [0.1, 0.15) is 0 Å². The zero-order chi connectivity index (χ0) is 21.8. The normalized spacial score (nSPS) is 11.9. The lowest BCUT2D eigenvalue weighted by molar-refractivity contribution is -0.118. The SMILES string of the molecule is Cc1ccc(C(=O)Nc2nnc(SCC(=O)NCc3ccc4c(c3)OCO4)s2)cc1C. The van der Waals surface area contributed by atoms with Crippen molar-refractivity contribution in [3.63, 3.8) is 0 Å². The topological polar surface area (TPSA) is 102 Å². The van der Waals surface area contributed by atoms with Crippen LogP contribution in [0.5, 0.6) is 11.5 Å². The Labute approximate surface area is 187 Å². The summed E-state index contributed by atoms with van der Waals surface area (Å²) in [7, 11) is 0. The summed E-state index contributed by atoms with van der Waals surface area (Å²) in [6.45, 7) is 4.57. The van der Waals surface area contributed by atoms with Crippen molar-refractivity contribution in [2.24, 2.45) is 0 Å². The van der Waals surface area contributed by atoms with Crippen LogP contribution in [0, 0.1) is 13.8 Å². The van der Waals surface area contributed by atoms with Gasteiger partial charge in [-0.05, 0) is 54.8 Å². The first-order chi connectivity index (χ1) is 15.0. The Morgan fingerprint density at radius 1 is 1.06 bits per heavy atom. The van der Waals surface area contributed by atoms with Crippen molar-refractivity contribution in [3.8, 4) is 11.5 Å². The third kappa shape index (κ3) is 5.33. The van der Waals surface area contributed by atoms with Crippen molar-refractivity contribution in [1.82, 2.24) is 15.5 Å². The summed E-state index contributed by atoms with van der Waals surface area (Å²) in [5, 5.41) is 14.0. The number of thioether (sulfide) groups is 1. The third-order valence-corrected chi connectivity index (χ3v) is 6.62. The number of hydrogen-bond donors (Lipinski definition) is 2. The lowest BCUT2D eigenvalue weighted by Gasteiger charge is -2.05. The number of aryl methyl sites for hydroxylation is 2. The Balaban J connectivity index is 1.24. The standard InChI is InChI=1S/C21H20N4O4S2/c1-12-3-5-15(7-13(12)2)19(27)23-20-24-25-21(31-20)30-10-18(26)22-9-14-4-6-16-17(8-14)29-11-28-16/h3-8H,9-11H2,1-2H3,(H,22,26)(H,23,24,27). The van der Waals surface area contributed by atoms with E-state index in [9.17, 15) is 9.59 Å². The van der Waals surface area contributed by atoms with Crippen molar-refractivity contribution < 1.29 is 19.1 Å². The first kappa shape index (κ1) is 21.1. The van der Waals surface area contributed by atoms with Crippen LogP contribution < -0.4 is 20.1 Å². The van der Waals surface area contributed by atoms with Gasteiger partial charge < -0.3 is 14.8 Å². The largest absolute Gasteiger partial charge is 0.454 e. The van der Waals surface area contributed by atoms with Gasteiger partial charge in [-0.15, -0.1) is 10.2 Å². The Morgan fingerprint density at radius 2 is 1.90 bits per heavy atom. The average molecular weight is 457 g/mol. The van der Waals surface area contributed by atoms with Gasteiger partial charge >= 0.3 is 0 Å². The van der Waals surface area contributed by atoms with Crippen LogP contribution >= 0.6 is 23.1 Å². The van der Waals surface area contributed by atoms with E-state index >= 15 is 0 Å². The molecule has 10 heteroatoms. The summed E-state index contributed by atoms with van der Waals surface area (Å²) >= 11 is 2.50. The quantitative estimate of drug-likeness (QED) is 0.414. The number of carbonyl (C=O) groups is 2. The summed E-state index contributed by atoms with van der Waals surface area (Å²) in [6, 6.07) is 11.1. The molecule has 1 aromatic heterocycles. The summed E-state index contributed by atoms with van der Waals surface area (Å²) < 4.78 is 11.2. The van der Waals surface area contributed by atoms with E-state index in [1.165, 1.54) is 23.1 Å². The monoisotopic (exact) mass is 456 g/mol. The minimum Gasteiger partial charge on any atom is -0.454 e. The van der Waals surface area contributed by atoms with E-state index in [0.29, 0.717) is 33.1 Å². The number of ether oxygens (including phenoxy) is 2. The molecule has 4 rings (SSSR count). The minimum atomic E-state index is -0.239. The van der Waals surface area contributed by atoms with Gasteiger partial charge in [0.2, 0.25) is 17.8 Å². The van der Waals surface area contributed by atoms with Crippen LogP contribution in [-0.2, 0) is 11.3 Å². The molecule has 2 heterocycles. The van der Waals surface area contributed by atoms with Crippen molar-refractivity contribution in [2.75, 3.05) is 17.9 Å². The molecule has 2 aromatic carbocycles. The number of nitrogens with one attached hydrogen (secondary N) is 2. The Kier molecular flexibility index (Phi) is 6.38. The summed E-state index contributed by atoms with van der Waals surface area (Å²) in [5.41, 5.74) is 3.67. The molecule has 0 aliphatic carbocycles. The van der Waals surface area contributed by atoms with Crippen molar-refractivity contribution in [3.05, 3.63) is 58.7 Å². The van der Waals surface area contributed by atoms with Gasteiger partial charge in [-0.2, -0.15) is 0 Å². The highest BCUT2D eigenvalue weighted by Crippen LogP contribution is 2.32. The van der Waals surface area contributed by atoms with Crippen LogP contribution in [0.15, 0.2) is 40.7 Å². The van der Waals surface area contributed by atoms with Crippen molar-refractivity contribution >= 4 is 40.0 Å². The maximum Gasteiger partial charge on any atom is 0.257 e. The Bertz CT molecular complexity index is 1130. The van der Waals surface area contributed by atoms with Crippen molar-refractivity contribution in [2.45, 2.75) is 24.7 Å². The molecular formula is C21H20N4O4S2. The highest BCUT2D eigenvalue weighted by molar-refractivity contribution is 8.01. The van der Waals surface area contributed by atoms with Gasteiger partial charge in [0, 0.05) is 12.1 Å². The van der Waals surface area contributed by atoms with Gasteiger partial charge in [-0.25, -0.2) is 0 Å². The first-order valence-corrected chi connectivity index (χ1v) is 11.3. The molecule has 0 saturated carbocycles. The molecule has 0 spiro atoms. The van der Waals surface area contributed by atoms with E-state index in [2.05, 4.69) is 20.8 Å². The molecule has 0 saturated heterocycles. The Morgan fingerprint density at radius 3 is 2.74 bits per heavy atom. The third-order valence-electron chi connectivity index (χ3n) is 4.65. The predicted octanol–water partition coefficient (Wildman–Crippen LogP) is 3.54. The molecule has 8 nitrogen and oxygen atoms in total. The lowest BCUT2D eigenvalue weighted by atomic mass is 10.1. The van der Waals surface area contributed by atoms with Crippen LogP contribution in [0.3, 0.4) is 0 Å². The second-order valence-electron chi connectivity index (χ2n) is 6.88. The fourth-order valence-electron chi connectivity index (χ4n) is 2.80. The molecule has 1 aliphatic heterocycles. The number of aromatic nitrogens is 2. The van der Waals surface area contributed by atoms with E-state index < -0.39 is 0 Å². The van der Waals surface area contributed by atoms with Gasteiger partial charge in [-0.3, -0.25) is 14.9 Å². The van der Waals surface area contributed by atoms with E-state index in [1.54, 1.807) is 6.07 Å². The first-order valence-electron chi connectivity index (χ1n) is 9.48. The molecule has 3 aromatic rings. The van der Waals surface area contributed by atoms with Gasteiger partial charge in [0.15, 0.2) is 15.8 Å². The summed E-state index contributed by atoms with van der Waals surface area (Å²) in [5.74, 6) is 1.23. The molecule has 0 unspecified atom stereocenters. The molecular weight excluding hydrogens is 436 g/mol. The second-order valence-corrected chi connectivity index (χ2v) is 9.08. The van der Waals surface area contributed by atoms with E-state index in [1.807, 2.05) is 44.2 Å². The molecule has 0 atom stereocenters. The highest BCUT2D eigenvalue weighted by Gasteiger charge is 2.15. The zero-order valence-electron chi connectivity index (χ0n) is 16.9. The van der Waals surface area contributed by atoms with Gasteiger partial charge in [0.05, 0.1) is 5.75 Å². The summed E-state index contributed by atoms with van der Waals surface area (Å²) in [6.07, 6.45) is 0. The number of benzene rings is 2. The van der Waals surface area contributed by atoms with Crippen LogP contribution in [0.1, 0.15) is 27.0 Å². The van der Waals surface area contributed by atoms with E-state index in [0.717, 1.165) is 16.7 Å². The minimum absolute atomic E-state index is 0.126. The van der Waals surface area contributed by atoms with Gasteiger partial charge in [0.25, 0.3) is 5.91 Å². The van der Waals surface area contributed by atoms with Crippen LogP contribution in [0.2, 0.25) is 0 Å². The van der Waals surface area contributed by atoms with E-state index in [4.69, 9.17) is 9.47 Å². The molecule has 0 bridgehead atoms. The smallest absolute Gasteiger partial charge is 0.257 e. The highest BCUT2D eigenvalue weighted by atomic mass is 32.2. The molecule has 2 N–H and O–H groups in total. The fraction of sp³-hybridized carbons (Fsp3) is 0.238. The van der Waals surface area contributed by atoms with Crippen LogP contribution in [-0.4, -0.2) is 34.6 Å². The predicted molar refractivity (Wildman–Crippen MR) is 119 cm³/mol. The van der Waals surface area contributed by atoms with Crippen molar-refractivity contribution in [1.29, 1.82) is 0 Å². The van der Waals surface area contributed by atoms with Crippen LogP contribution in [0.25, 0.3) is 0 Å². The number of anilines is 1. The zero-order valence-corrected chi connectivity index (χ0v) is 18.6. The number of amides is 2. The Hall–Kier alpha value is -3.11. The lowest BCUT2D eigenvalue weighted by Crippen LogP contribution is -2.24.